The Hall–Kier alpha value is -5.10. The van der Waals surface area contributed by atoms with Crippen molar-refractivity contribution in [3.63, 3.8) is 0 Å². The van der Waals surface area contributed by atoms with Crippen molar-refractivity contribution in [1.29, 1.82) is 0 Å². The number of ether oxygens (including phenoxy) is 3. The molecule has 2 fully saturated rings. The van der Waals surface area contributed by atoms with E-state index in [1.54, 1.807) is 37.3 Å². The zero-order chi connectivity index (χ0) is 39.1. The number of para-hydroxylation sites is 2. The topological polar surface area (TPSA) is 149 Å². The van der Waals surface area contributed by atoms with Gasteiger partial charge in [0.2, 0.25) is 17.7 Å². The highest BCUT2D eigenvalue weighted by Gasteiger charge is 2.60. The van der Waals surface area contributed by atoms with E-state index in [2.05, 4.69) is 39.5 Å². The number of fused-ring (bicyclic) bond motifs is 3. The van der Waals surface area contributed by atoms with Crippen LogP contribution in [-0.2, 0) is 29.8 Å². The molecule has 1 aliphatic carbocycles. The van der Waals surface area contributed by atoms with Crippen LogP contribution in [0.1, 0.15) is 84.3 Å². The number of alkyl halides is 2. The van der Waals surface area contributed by atoms with E-state index in [0.717, 1.165) is 25.7 Å². The summed E-state index contributed by atoms with van der Waals surface area (Å²) in [7, 11) is 0. The van der Waals surface area contributed by atoms with Crippen molar-refractivity contribution in [2.24, 2.45) is 5.41 Å². The standard InChI is InChI=1S/C40H49F2N5O7/c1-6-9-21-38(4,5)25-53-37(51)45-30-20-14-12-10-11-13-17-26-23-39(26,36(50)52-8-3)46-33(48)31-22-27(24-47(31)35(30)49)54-34-32(40(41,42)7-2)43-28-18-15-16-19-29(28)44-34/h6-7,13,15-16,18-19,27,30-31H,1-2,8-12,14,20-25H2,3-5H3,(H,45,51)(H,46,48)/t17?,27-,30+,31+,39-/m1/s1. The van der Waals surface area contributed by atoms with Gasteiger partial charge in [0.15, 0.2) is 11.2 Å². The maximum Gasteiger partial charge on any atom is 0.407 e. The molecule has 1 saturated heterocycles. The molecule has 3 heterocycles. The normalized spacial score (nSPS) is 23.5. The molecule has 1 saturated carbocycles. The molecular weight excluding hydrogens is 700 g/mol. The Bertz CT molecular complexity index is 1840. The average molecular weight is 750 g/mol. The fourth-order valence-corrected chi connectivity index (χ4v) is 6.66. The van der Waals surface area contributed by atoms with Gasteiger partial charge in [-0.3, -0.25) is 9.59 Å². The fourth-order valence-electron chi connectivity index (χ4n) is 6.66. The smallest absolute Gasteiger partial charge is 0.407 e. The Morgan fingerprint density at radius 3 is 2.57 bits per heavy atom. The van der Waals surface area contributed by atoms with Gasteiger partial charge in [-0.25, -0.2) is 19.6 Å². The molecule has 0 bridgehead atoms. The van der Waals surface area contributed by atoms with Gasteiger partial charge in [-0.15, -0.1) is 12.3 Å². The minimum atomic E-state index is -3.62. The maximum atomic E-state index is 15.2. The third-order valence-electron chi connectivity index (χ3n) is 9.86. The average Bonchev–Trinajstić information content (AvgIpc) is 3.68. The second kappa shape index (κ2) is 16.9. The van der Waals surface area contributed by atoms with Crippen molar-refractivity contribution < 1.29 is 42.2 Å². The van der Waals surface area contributed by atoms with Gasteiger partial charge in [-0.05, 0) is 68.7 Å². The molecule has 12 nitrogen and oxygen atoms in total. The molecule has 1 aromatic heterocycles. The summed E-state index contributed by atoms with van der Waals surface area (Å²) in [4.78, 5) is 64.8. The van der Waals surface area contributed by atoms with Crippen LogP contribution in [0.25, 0.3) is 11.0 Å². The van der Waals surface area contributed by atoms with Crippen molar-refractivity contribution in [2.45, 2.75) is 108 Å². The van der Waals surface area contributed by atoms with E-state index in [-0.39, 0.29) is 50.0 Å². The number of aromatic nitrogens is 2. The number of halogens is 2. The first-order valence-electron chi connectivity index (χ1n) is 18.5. The number of nitrogens with one attached hydrogen (secondary N) is 2. The number of esters is 1. The highest BCUT2D eigenvalue weighted by Crippen LogP contribution is 2.44. The summed E-state index contributed by atoms with van der Waals surface area (Å²) in [6.07, 6.45) is 6.71. The number of benzene rings is 1. The van der Waals surface area contributed by atoms with Crippen molar-refractivity contribution in [2.75, 3.05) is 19.8 Å². The second-order valence-electron chi connectivity index (χ2n) is 14.7. The van der Waals surface area contributed by atoms with E-state index in [1.807, 2.05) is 19.9 Å². The summed E-state index contributed by atoms with van der Waals surface area (Å²) < 4.78 is 47.4. The van der Waals surface area contributed by atoms with Gasteiger partial charge in [-0.1, -0.05) is 51.5 Å². The Kier molecular flexibility index (Phi) is 12.6. The molecule has 5 rings (SSSR count). The van der Waals surface area contributed by atoms with Crippen LogP contribution in [-0.4, -0.2) is 82.2 Å². The van der Waals surface area contributed by atoms with Crippen LogP contribution in [0.15, 0.2) is 67.0 Å². The lowest BCUT2D eigenvalue weighted by Crippen LogP contribution is -2.56. The van der Waals surface area contributed by atoms with Crippen LogP contribution < -0.4 is 15.4 Å². The summed E-state index contributed by atoms with van der Waals surface area (Å²) in [6, 6.07) is 4.15. The SMILES string of the molecule is C=CCCC(C)(C)COC(=O)N[C@H]1CCCCCC=C=C2C[C@@]2(C(=O)OCC)NC(=O)[C@@H]2C[C@@H](Oc3nc4ccccc4nc3C(F)(F)C=C)CN2C1=O. The predicted molar refractivity (Wildman–Crippen MR) is 196 cm³/mol. The summed E-state index contributed by atoms with van der Waals surface area (Å²) in [5, 5.41) is 5.54. The van der Waals surface area contributed by atoms with Gasteiger partial charge in [0, 0.05) is 18.4 Å². The van der Waals surface area contributed by atoms with E-state index < -0.39 is 65.1 Å². The van der Waals surface area contributed by atoms with E-state index in [0.29, 0.717) is 30.0 Å². The van der Waals surface area contributed by atoms with Crippen LogP contribution >= 0.6 is 0 Å². The molecule has 0 unspecified atom stereocenters. The number of hydrogen-bond donors (Lipinski definition) is 2. The van der Waals surface area contributed by atoms with Gasteiger partial charge in [0.25, 0.3) is 0 Å². The van der Waals surface area contributed by atoms with Gasteiger partial charge < -0.3 is 29.7 Å². The lowest BCUT2D eigenvalue weighted by atomic mass is 9.89. The highest BCUT2D eigenvalue weighted by atomic mass is 19.3. The molecule has 14 heteroatoms. The molecule has 1 aromatic carbocycles. The third kappa shape index (κ3) is 9.33. The molecular formula is C40H49F2N5O7. The molecule has 0 radical (unpaired) electrons. The quantitative estimate of drug-likeness (QED) is 0.147. The second-order valence-corrected chi connectivity index (χ2v) is 14.7. The summed E-state index contributed by atoms with van der Waals surface area (Å²) >= 11 is 0. The Morgan fingerprint density at radius 2 is 1.87 bits per heavy atom. The number of carbonyl (C=O) groups is 4. The lowest BCUT2D eigenvalue weighted by molar-refractivity contribution is -0.149. The van der Waals surface area contributed by atoms with E-state index in [9.17, 15) is 19.2 Å². The van der Waals surface area contributed by atoms with Gasteiger partial charge >= 0.3 is 18.0 Å². The molecule has 2 aromatic rings. The van der Waals surface area contributed by atoms with Crippen molar-refractivity contribution in [3.05, 3.63) is 72.6 Å². The molecule has 0 spiro atoms. The number of amides is 3. The van der Waals surface area contributed by atoms with Crippen LogP contribution in [0.3, 0.4) is 0 Å². The lowest BCUT2D eigenvalue weighted by Gasteiger charge is -2.30. The van der Waals surface area contributed by atoms with Gasteiger partial charge in [0.1, 0.15) is 18.2 Å². The number of alkyl carbamates (subject to hydrolysis) is 1. The van der Waals surface area contributed by atoms with Crippen LogP contribution in [0.2, 0.25) is 0 Å². The van der Waals surface area contributed by atoms with E-state index in [4.69, 9.17) is 14.2 Å². The molecule has 2 N–H and O–H groups in total. The summed E-state index contributed by atoms with van der Waals surface area (Å²) in [5.74, 6) is -6.01. The zero-order valence-corrected chi connectivity index (χ0v) is 31.1. The molecule has 4 atom stereocenters. The molecule has 290 valence electrons. The van der Waals surface area contributed by atoms with Crippen molar-refractivity contribution in [1.82, 2.24) is 25.5 Å². The molecule has 3 amide bonds. The van der Waals surface area contributed by atoms with Gasteiger partial charge in [-0.2, -0.15) is 8.78 Å². The highest BCUT2D eigenvalue weighted by molar-refractivity contribution is 5.99. The Morgan fingerprint density at radius 1 is 1.13 bits per heavy atom. The number of rotatable bonds is 12. The molecule has 2 aliphatic heterocycles. The van der Waals surface area contributed by atoms with Gasteiger partial charge in [0.05, 0.1) is 30.8 Å². The Labute approximate surface area is 314 Å². The first-order chi connectivity index (χ1) is 25.7. The third-order valence-corrected chi connectivity index (χ3v) is 9.86. The summed E-state index contributed by atoms with van der Waals surface area (Å²) in [5.41, 5.74) is 1.64. The number of allylic oxidation sites excluding steroid dienone is 2. The maximum absolute atomic E-state index is 15.2. The van der Waals surface area contributed by atoms with E-state index in [1.165, 1.54) is 4.90 Å². The molecule has 3 aliphatic rings. The number of carbonyl (C=O) groups excluding carboxylic acids is 4. The zero-order valence-electron chi connectivity index (χ0n) is 31.1. The predicted octanol–water partition coefficient (Wildman–Crippen LogP) is 6.21. The Balaban J connectivity index is 1.47. The minimum absolute atomic E-state index is 0.0801. The minimum Gasteiger partial charge on any atom is -0.471 e. The van der Waals surface area contributed by atoms with Crippen molar-refractivity contribution >= 4 is 34.9 Å². The van der Waals surface area contributed by atoms with Crippen LogP contribution in [0.5, 0.6) is 5.88 Å². The first-order valence-corrected chi connectivity index (χ1v) is 18.5. The number of nitrogens with zero attached hydrogens (tertiary/aromatic N) is 3. The first kappa shape index (κ1) is 40.1. The van der Waals surface area contributed by atoms with Crippen LogP contribution in [0, 0.1) is 5.41 Å². The van der Waals surface area contributed by atoms with Crippen molar-refractivity contribution in [3.8, 4) is 5.88 Å². The fraction of sp³-hybridized carbons (Fsp3) is 0.525. The monoisotopic (exact) mass is 749 g/mol. The van der Waals surface area contributed by atoms with Crippen LogP contribution in [0.4, 0.5) is 13.6 Å². The summed E-state index contributed by atoms with van der Waals surface area (Å²) in [6.45, 7) is 12.5. The molecule has 54 heavy (non-hydrogen) atoms. The largest absolute Gasteiger partial charge is 0.471 e. The number of hydrogen-bond acceptors (Lipinski definition) is 9. The van der Waals surface area contributed by atoms with E-state index >= 15 is 8.78 Å².